The zero-order valence-corrected chi connectivity index (χ0v) is 15.1. The Morgan fingerprint density at radius 2 is 2.14 bits per heavy atom. The molecule has 3 fully saturated rings. The van der Waals surface area contributed by atoms with Crippen LogP contribution in [0.2, 0.25) is 0 Å². The zero-order chi connectivity index (χ0) is 15.6. The van der Waals surface area contributed by atoms with E-state index >= 15 is 0 Å². The smallest absolute Gasteiger partial charge is 0.310 e. The van der Waals surface area contributed by atoms with E-state index in [1.54, 1.807) is 0 Å². The molecule has 1 aromatic rings. The highest BCUT2D eigenvalue weighted by Crippen LogP contribution is 2.60. The first-order chi connectivity index (χ1) is 10.5. The van der Waals surface area contributed by atoms with Gasteiger partial charge >= 0.3 is 5.97 Å². The minimum Gasteiger partial charge on any atom is -0.461 e. The average molecular weight is 429 g/mol. The van der Waals surface area contributed by atoms with Gasteiger partial charge in [0.1, 0.15) is 6.10 Å². The molecule has 2 bridgehead atoms. The maximum absolute atomic E-state index is 12.8. The van der Waals surface area contributed by atoms with E-state index in [1.807, 2.05) is 25.1 Å². The monoisotopic (exact) mass is 427 g/mol. The highest BCUT2D eigenvalue weighted by molar-refractivity contribution is 9.10. The first kappa shape index (κ1) is 14.7. The third kappa shape index (κ3) is 1.99. The third-order valence-electron chi connectivity index (χ3n) is 5.27. The topological polar surface area (TPSA) is 55.4 Å². The quantitative estimate of drug-likeness (QED) is 0.581. The van der Waals surface area contributed by atoms with Crippen LogP contribution in [0.5, 0.6) is 0 Å². The molecule has 2 aliphatic carbocycles. The van der Waals surface area contributed by atoms with Crippen molar-refractivity contribution < 1.29 is 14.3 Å². The molecule has 4 rings (SSSR count). The van der Waals surface area contributed by atoms with Gasteiger partial charge in [0.05, 0.1) is 16.7 Å². The summed E-state index contributed by atoms with van der Waals surface area (Å²) in [7, 11) is 0. The minimum atomic E-state index is -0.288. The summed E-state index contributed by atoms with van der Waals surface area (Å²) in [5, 5.41) is 3.00. The molecule has 22 heavy (non-hydrogen) atoms. The summed E-state index contributed by atoms with van der Waals surface area (Å²) in [6.07, 6.45) is 0.856. The molecule has 1 aliphatic heterocycles. The number of aryl methyl sites for hydroxylation is 1. The van der Waals surface area contributed by atoms with Crippen LogP contribution in [0.4, 0.5) is 5.69 Å². The van der Waals surface area contributed by atoms with Crippen LogP contribution in [0, 0.1) is 30.6 Å². The predicted octanol–water partition coefficient (Wildman–Crippen LogP) is 3.27. The second-order valence-electron chi connectivity index (χ2n) is 6.41. The zero-order valence-electron chi connectivity index (χ0n) is 11.9. The number of carbonyl (C=O) groups is 2. The molecule has 2 saturated carbocycles. The average Bonchev–Trinajstić information content (AvgIpc) is 3.06. The second kappa shape index (κ2) is 5.06. The van der Waals surface area contributed by atoms with Gasteiger partial charge in [-0.15, -0.1) is 0 Å². The van der Waals surface area contributed by atoms with Gasteiger partial charge in [0, 0.05) is 16.1 Å². The molecule has 4 nitrogen and oxygen atoms in total. The summed E-state index contributed by atoms with van der Waals surface area (Å²) in [6.45, 7) is 1.95. The number of ether oxygens (including phenoxy) is 1. The van der Waals surface area contributed by atoms with Crippen LogP contribution >= 0.6 is 31.9 Å². The number of fused-ring (bicyclic) bond motifs is 1. The van der Waals surface area contributed by atoms with E-state index in [0.717, 1.165) is 22.1 Å². The Morgan fingerprint density at radius 3 is 2.86 bits per heavy atom. The number of anilines is 1. The van der Waals surface area contributed by atoms with Crippen molar-refractivity contribution in [3.8, 4) is 0 Å². The number of alkyl halides is 1. The number of esters is 1. The van der Waals surface area contributed by atoms with Crippen LogP contribution in [0.15, 0.2) is 22.7 Å². The van der Waals surface area contributed by atoms with E-state index in [4.69, 9.17) is 4.74 Å². The first-order valence-corrected chi connectivity index (χ1v) is 9.10. The van der Waals surface area contributed by atoms with Crippen molar-refractivity contribution in [3.63, 3.8) is 0 Å². The molecule has 6 unspecified atom stereocenters. The summed E-state index contributed by atoms with van der Waals surface area (Å²) >= 11 is 7.05. The highest BCUT2D eigenvalue weighted by Gasteiger charge is 2.67. The highest BCUT2D eigenvalue weighted by atomic mass is 79.9. The lowest BCUT2D eigenvalue weighted by atomic mass is 9.79. The molecule has 116 valence electrons. The van der Waals surface area contributed by atoms with Gasteiger partial charge in [0.2, 0.25) is 5.91 Å². The van der Waals surface area contributed by atoms with Crippen molar-refractivity contribution in [2.45, 2.75) is 24.3 Å². The number of nitrogens with one attached hydrogen (secondary N) is 1. The summed E-state index contributed by atoms with van der Waals surface area (Å²) < 4.78 is 6.43. The van der Waals surface area contributed by atoms with Crippen LogP contribution in [-0.2, 0) is 14.3 Å². The molecular formula is C16H15Br2NO3. The Kier molecular flexibility index (Phi) is 3.38. The normalized spacial score (nSPS) is 38.2. The van der Waals surface area contributed by atoms with Gasteiger partial charge in [-0.25, -0.2) is 0 Å². The lowest BCUT2D eigenvalue weighted by Gasteiger charge is -2.27. The second-order valence-corrected chi connectivity index (χ2v) is 8.38. The van der Waals surface area contributed by atoms with Crippen molar-refractivity contribution in [2.75, 3.05) is 5.32 Å². The number of rotatable bonds is 2. The van der Waals surface area contributed by atoms with E-state index in [1.165, 1.54) is 0 Å². The number of amides is 1. The summed E-state index contributed by atoms with van der Waals surface area (Å²) in [5.74, 6) is -0.439. The van der Waals surface area contributed by atoms with Crippen molar-refractivity contribution in [1.82, 2.24) is 0 Å². The molecule has 1 saturated heterocycles. The van der Waals surface area contributed by atoms with Crippen LogP contribution in [0.1, 0.15) is 12.0 Å². The van der Waals surface area contributed by atoms with Gasteiger partial charge in [-0.05, 0) is 43.0 Å². The first-order valence-electron chi connectivity index (χ1n) is 7.39. The van der Waals surface area contributed by atoms with Crippen molar-refractivity contribution >= 4 is 49.4 Å². The Labute approximate surface area is 145 Å². The molecule has 1 heterocycles. The van der Waals surface area contributed by atoms with Gasteiger partial charge in [-0.1, -0.05) is 31.9 Å². The van der Waals surface area contributed by atoms with Gasteiger partial charge in [0.25, 0.3) is 0 Å². The fourth-order valence-electron chi connectivity index (χ4n) is 4.31. The van der Waals surface area contributed by atoms with Crippen molar-refractivity contribution in [2.24, 2.45) is 23.7 Å². The number of benzene rings is 1. The van der Waals surface area contributed by atoms with Gasteiger partial charge in [-0.2, -0.15) is 0 Å². The summed E-state index contributed by atoms with van der Waals surface area (Å²) in [5.41, 5.74) is 1.79. The molecular weight excluding hydrogens is 414 g/mol. The number of hydrogen-bond donors (Lipinski definition) is 1. The maximum Gasteiger partial charge on any atom is 0.310 e. The SMILES string of the molecule is Cc1cc(Br)ccc1NC(=O)C1C2CC3C(OC(=O)C31)C2Br. The van der Waals surface area contributed by atoms with E-state index in [-0.39, 0.29) is 46.5 Å². The van der Waals surface area contributed by atoms with Crippen LogP contribution in [0.25, 0.3) is 0 Å². The lowest BCUT2D eigenvalue weighted by Crippen LogP contribution is -2.40. The van der Waals surface area contributed by atoms with Crippen LogP contribution < -0.4 is 5.32 Å². The minimum absolute atomic E-state index is 0.0408. The molecule has 0 spiro atoms. The van der Waals surface area contributed by atoms with Crippen LogP contribution in [0.3, 0.4) is 0 Å². The molecule has 0 aromatic heterocycles. The Balaban J connectivity index is 1.59. The molecule has 3 aliphatic rings. The van der Waals surface area contributed by atoms with Crippen LogP contribution in [-0.4, -0.2) is 22.8 Å². The third-order valence-corrected chi connectivity index (χ3v) is 6.97. The molecule has 6 heteroatoms. The number of hydrogen-bond acceptors (Lipinski definition) is 3. The molecule has 1 N–H and O–H groups in total. The molecule has 1 aromatic carbocycles. The number of halogens is 2. The molecule has 0 radical (unpaired) electrons. The summed E-state index contributed by atoms with van der Waals surface area (Å²) in [4.78, 5) is 25.0. The fourth-order valence-corrected chi connectivity index (χ4v) is 5.83. The molecule has 1 amide bonds. The van der Waals surface area contributed by atoms with Gasteiger partial charge < -0.3 is 10.1 Å². The van der Waals surface area contributed by atoms with E-state index in [2.05, 4.69) is 37.2 Å². The largest absolute Gasteiger partial charge is 0.461 e. The van der Waals surface area contributed by atoms with Gasteiger partial charge in [0.15, 0.2) is 0 Å². The Morgan fingerprint density at radius 1 is 1.36 bits per heavy atom. The molecule has 6 atom stereocenters. The summed E-state index contributed by atoms with van der Waals surface area (Å²) in [6, 6.07) is 5.74. The maximum atomic E-state index is 12.8. The number of carbonyl (C=O) groups excluding carboxylic acids is 2. The van der Waals surface area contributed by atoms with Crippen molar-refractivity contribution in [3.05, 3.63) is 28.2 Å². The predicted molar refractivity (Wildman–Crippen MR) is 88.7 cm³/mol. The van der Waals surface area contributed by atoms with Crippen molar-refractivity contribution in [1.29, 1.82) is 0 Å². The lowest BCUT2D eigenvalue weighted by molar-refractivity contribution is -0.145. The Bertz CT molecular complexity index is 677. The standard InChI is InChI=1S/C16H15Br2NO3/c1-6-4-7(17)2-3-10(6)19-15(20)11-8-5-9-12(11)16(21)22-14(9)13(8)18/h2-4,8-9,11-14H,5H2,1H3,(H,19,20). The van der Waals surface area contributed by atoms with Gasteiger partial charge in [-0.3, -0.25) is 9.59 Å². The van der Waals surface area contributed by atoms with E-state index in [0.29, 0.717) is 0 Å². The van der Waals surface area contributed by atoms with E-state index < -0.39 is 0 Å². The Hall–Kier alpha value is -0.880. The fraction of sp³-hybridized carbons (Fsp3) is 0.500. The van der Waals surface area contributed by atoms with E-state index in [9.17, 15) is 9.59 Å².